The minimum Gasteiger partial charge on any atom is -0.321 e. The molecule has 3 rings (SSSR count). The Labute approximate surface area is 131 Å². The molecule has 0 unspecified atom stereocenters. The summed E-state index contributed by atoms with van der Waals surface area (Å²) in [5.74, 6) is -0.965. The molecule has 114 valence electrons. The zero-order chi connectivity index (χ0) is 16.6. The van der Waals surface area contributed by atoms with Crippen molar-refractivity contribution in [1.82, 2.24) is 15.2 Å². The van der Waals surface area contributed by atoms with Crippen molar-refractivity contribution in [3.05, 3.63) is 52.7 Å². The van der Waals surface area contributed by atoms with E-state index in [0.29, 0.717) is 27.8 Å². The van der Waals surface area contributed by atoms with Gasteiger partial charge in [0.1, 0.15) is 17.3 Å². The number of carbonyl (C=O) groups is 1. The molecule has 0 aliphatic heterocycles. The predicted molar refractivity (Wildman–Crippen MR) is 82.4 cm³/mol. The molecule has 6 nitrogen and oxygen atoms in total. The SMILES string of the molecule is Cc1c(C#N)cnc(C(=O)Nc2cc(F)c3[nH]ncc3c2)c1C. The van der Waals surface area contributed by atoms with Crippen molar-refractivity contribution in [2.75, 3.05) is 5.32 Å². The Bertz CT molecular complexity index is 970. The lowest BCUT2D eigenvalue weighted by molar-refractivity contribution is 0.102. The van der Waals surface area contributed by atoms with Crippen LogP contribution < -0.4 is 5.32 Å². The van der Waals surface area contributed by atoms with Gasteiger partial charge in [-0.2, -0.15) is 10.4 Å². The van der Waals surface area contributed by atoms with E-state index in [9.17, 15) is 9.18 Å². The van der Waals surface area contributed by atoms with Crippen LogP contribution in [-0.4, -0.2) is 21.1 Å². The highest BCUT2D eigenvalue weighted by atomic mass is 19.1. The number of nitrogens with one attached hydrogen (secondary N) is 2. The second-order valence-corrected chi connectivity index (χ2v) is 5.13. The van der Waals surface area contributed by atoms with Crippen molar-refractivity contribution in [1.29, 1.82) is 5.26 Å². The number of nitriles is 1. The number of carbonyl (C=O) groups excluding carboxylic acids is 1. The molecule has 0 spiro atoms. The van der Waals surface area contributed by atoms with E-state index in [1.807, 2.05) is 6.07 Å². The quantitative estimate of drug-likeness (QED) is 0.761. The number of halogens is 1. The van der Waals surface area contributed by atoms with Crippen LogP contribution in [0.25, 0.3) is 10.9 Å². The number of H-pyrrole nitrogens is 1. The monoisotopic (exact) mass is 309 g/mol. The largest absolute Gasteiger partial charge is 0.321 e. The molecule has 2 heterocycles. The Morgan fingerprint density at radius 2 is 2.09 bits per heavy atom. The lowest BCUT2D eigenvalue weighted by Gasteiger charge is -2.10. The molecule has 23 heavy (non-hydrogen) atoms. The van der Waals surface area contributed by atoms with Gasteiger partial charge in [-0.1, -0.05) is 0 Å². The second kappa shape index (κ2) is 5.50. The molecule has 7 heteroatoms. The van der Waals surface area contributed by atoms with E-state index < -0.39 is 11.7 Å². The number of benzene rings is 1. The van der Waals surface area contributed by atoms with E-state index in [-0.39, 0.29) is 11.2 Å². The Morgan fingerprint density at radius 1 is 1.30 bits per heavy atom. The van der Waals surface area contributed by atoms with Crippen molar-refractivity contribution in [2.45, 2.75) is 13.8 Å². The number of hydrogen-bond donors (Lipinski definition) is 2. The molecular formula is C16H12FN5O. The molecule has 3 aromatic rings. The van der Waals surface area contributed by atoms with E-state index in [0.717, 1.165) is 0 Å². The number of aromatic amines is 1. The fourth-order valence-corrected chi connectivity index (χ4v) is 2.32. The van der Waals surface area contributed by atoms with Crippen LogP contribution in [0.15, 0.2) is 24.5 Å². The maximum atomic E-state index is 13.9. The van der Waals surface area contributed by atoms with Gasteiger partial charge in [0.05, 0.1) is 11.8 Å². The highest BCUT2D eigenvalue weighted by Crippen LogP contribution is 2.22. The number of nitrogens with zero attached hydrogens (tertiary/aromatic N) is 3. The summed E-state index contributed by atoms with van der Waals surface area (Å²) in [5, 5.41) is 18.5. The third-order valence-electron chi connectivity index (χ3n) is 3.74. The third-order valence-corrected chi connectivity index (χ3v) is 3.74. The molecule has 1 amide bonds. The molecule has 0 fully saturated rings. The van der Waals surface area contributed by atoms with E-state index in [2.05, 4.69) is 20.5 Å². The summed E-state index contributed by atoms with van der Waals surface area (Å²) in [4.78, 5) is 16.4. The molecule has 2 aromatic heterocycles. The first-order chi connectivity index (χ1) is 11.0. The third kappa shape index (κ3) is 2.51. The van der Waals surface area contributed by atoms with E-state index in [1.54, 1.807) is 19.9 Å². The maximum absolute atomic E-state index is 13.9. The summed E-state index contributed by atoms with van der Waals surface area (Å²) in [6, 6.07) is 4.85. The molecule has 0 saturated heterocycles. The summed E-state index contributed by atoms with van der Waals surface area (Å²) in [6.07, 6.45) is 2.83. The van der Waals surface area contributed by atoms with Crippen LogP contribution in [0.3, 0.4) is 0 Å². The molecule has 0 aliphatic carbocycles. The Morgan fingerprint density at radius 3 is 2.83 bits per heavy atom. The summed E-state index contributed by atoms with van der Waals surface area (Å²) >= 11 is 0. The van der Waals surface area contributed by atoms with Crippen molar-refractivity contribution >= 4 is 22.5 Å². The van der Waals surface area contributed by atoms with Crippen molar-refractivity contribution in [3.8, 4) is 6.07 Å². The van der Waals surface area contributed by atoms with Crippen molar-refractivity contribution in [3.63, 3.8) is 0 Å². The van der Waals surface area contributed by atoms with Crippen molar-refractivity contribution in [2.24, 2.45) is 0 Å². The number of pyridine rings is 1. The van der Waals surface area contributed by atoms with Crippen LogP contribution in [0.4, 0.5) is 10.1 Å². The van der Waals surface area contributed by atoms with Gasteiger partial charge in [0, 0.05) is 17.3 Å². The van der Waals surface area contributed by atoms with Gasteiger partial charge in [-0.15, -0.1) is 0 Å². The van der Waals surface area contributed by atoms with Crippen LogP contribution in [0.5, 0.6) is 0 Å². The van der Waals surface area contributed by atoms with E-state index >= 15 is 0 Å². The van der Waals surface area contributed by atoms with E-state index in [4.69, 9.17) is 5.26 Å². The van der Waals surface area contributed by atoms with Crippen LogP contribution >= 0.6 is 0 Å². The fraction of sp³-hybridized carbons (Fsp3) is 0.125. The minimum absolute atomic E-state index is 0.203. The Kier molecular flexibility index (Phi) is 3.50. The number of hydrogen-bond acceptors (Lipinski definition) is 4. The molecule has 0 radical (unpaired) electrons. The van der Waals surface area contributed by atoms with Gasteiger partial charge in [0.15, 0.2) is 5.82 Å². The molecule has 0 atom stereocenters. The highest BCUT2D eigenvalue weighted by molar-refractivity contribution is 6.05. The fourth-order valence-electron chi connectivity index (χ4n) is 2.32. The minimum atomic E-state index is -0.504. The van der Waals surface area contributed by atoms with E-state index in [1.165, 1.54) is 18.5 Å². The molecular weight excluding hydrogens is 297 g/mol. The Balaban J connectivity index is 1.95. The zero-order valence-electron chi connectivity index (χ0n) is 12.4. The standard InChI is InChI=1S/C16H12FN5O/c1-8-9(2)14(19-6-11(8)5-18)16(23)21-12-3-10-7-20-22-15(10)13(17)4-12/h3-4,6-7H,1-2H3,(H,20,22)(H,21,23). The second-order valence-electron chi connectivity index (χ2n) is 5.13. The molecule has 0 saturated carbocycles. The topological polar surface area (TPSA) is 94.5 Å². The molecule has 2 N–H and O–H groups in total. The van der Waals surface area contributed by atoms with Gasteiger partial charge < -0.3 is 5.32 Å². The normalized spacial score (nSPS) is 10.5. The van der Waals surface area contributed by atoms with Gasteiger partial charge in [0.25, 0.3) is 5.91 Å². The first-order valence-corrected chi connectivity index (χ1v) is 6.81. The lowest BCUT2D eigenvalue weighted by Crippen LogP contribution is -2.16. The average Bonchev–Trinajstić information content (AvgIpc) is 2.98. The van der Waals surface area contributed by atoms with Gasteiger partial charge >= 0.3 is 0 Å². The summed E-state index contributed by atoms with van der Waals surface area (Å²) in [5.41, 5.74) is 2.53. The average molecular weight is 309 g/mol. The number of amides is 1. The van der Waals surface area contributed by atoms with Gasteiger partial charge in [0.2, 0.25) is 0 Å². The first-order valence-electron chi connectivity index (χ1n) is 6.81. The van der Waals surface area contributed by atoms with Crippen LogP contribution in [-0.2, 0) is 0 Å². The number of anilines is 1. The summed E-state index contributed by atoms with van der Waals surface area (Å²) in [6.45, 7) is 3.47. The summed E-state index contributed by atoms with van der Waals surface area (Å²) < 4.78 is 13.9. The molecule has 1 aromatic carbocycles. The Hall–Kier alpha value is -3.27. The van der Waals surface area contributed by atoms with Gasteiger partial charge in [-0.05, 0) is 37.1 Å². The van der Waals surface area contributed by atoms with Crippen LogP contribution in [0.1, 0.15) is 27.2 Å². The molecule has 0 aliphatic rings. The smallest absolute Gasteiger partial charge is 0.274 e. The van der Waals surface area contributed by atoms with Crippen LogP contribution in [0.2, 0.25) is 0 Å². The predicted octanol–water partition coefficient (Wildman–Crippen LogP) is 2.84. The van der Waals surface area contributed by atoms with Crippen molar-refractivity contribution < 1.29 is 9.18 Å². The lowest BCUT2D eigenvalue weighted by atomic mass is 10.0. The van der Waals surface area contributed by atoms with Gasteiger partial charge in [-0.25, -0.2) is 9.37 Å². The number of aromatic nitrogens is 3. The number of fused-ring (bicyclic) bond motifs is 1. The first kappa shape index (κ1) is 14.7. The molecule has 0 bridgehead atoms. The highest BCUT2D eigenvalue weighted by Gasteiger charge is 2.16. The summed E-state index contributed by atoms with van der Waals surface area (Å²) in [7, 11) is 0. The van der Waals surface area contributed by atoms with Crippen LogP contribution in [0, 0.1) is 31.0 Å². The van der Waals surface area contributed by atoms with Gasteiger partial charge in [-0.3, -0.25) is 9.89 Å². The number of rotatable bonds is 2. The zero-order valence-corrected chi connectivity index (χ0v) is 12.4. The maximum Gasteiger partial charge on any atom is 0.274 e.